The summed E-state index contributed by atoms with van der Waals surface area (Å²) < 4.78 is 22.1. The van der Waals surface area contributed by atoms with Gasteiger partial charge in [-0.15, -0.1) is 0 Å². The topological polar surface area (TPSA) is 54.0 Å². The van der Waals surface area contributed by atoms with Gasteiger partial charge in [0.05, 0.1) is 5.92 Å². The molecular weight excluding hydrogens is 304 g/mol. The van der Waals surface area contributed by atoms with Gasteiger partial charge in [0.2, 0.25) is 0 Å². The minimum atomic E-state index is -2.74. The van der Waals surface area contributed by atoms with Crippen LogP contribution >= 0.6 is 0 Å². The molecule has 1 aliphatic carbocycles. The van der Waals surface area contributed by atoms with Crippen LogP contribution in [-0.2, 0) is 22.5 Å². The molecule has 0 aromatic rings. The molecule has 7 heteroatoms. The van der Waals surface area contributed by atoms with Crippen LogP contribution in [-0.4, -0.2) is 44.4 Å². The molecule has 124 valence electrons. The average Bonchev–Trinajstić information content (AvgIpc) is 2.99. The highest BCUT2D eigenvalue weighted by molar-refractivity contribution is 6.74. The summed E-state index contributed by atoms with van der Waals surface area (Å²) >= 11 is 0. The maximum atomic E-state index is 12.4. The van der Waals surface area contributed by atoms with Crippen molar-refractivity contribution >= 4 is 23.1 Å². The van der Waals surface area contributed by atoms with Crippen molar-refractivity contribution in [1.29, 1.82) is 0 Å². The van der Waals surface area contributed by atoms with E-state index in [0.29, 0.717) is 11.6 Å². The first-order valence-electron chi connectivity index (χ1n) is 7.68. The Hall–Kier alpha value is -0.216. The largest absolute Gasteiger partial charge is 0.519 e. The molecular formula is C14H30O5Si2. The van der Waals surface area contributed by atoms with Crippen LogP contribution in [0.25, 0.3) is 0 Å². The molecule has 0 N–H and O–H groups in total. The summed E-state index contributed by atoms with van der Waals surface area (Å²) in [7, 11) is -0.00216. The predicted octanol–water partition coefficient (Wildman–Crippen LogP) is 3.19. The van der Waals surface area contributed by atoms with Crippen LogP contribution in [0.3, 0.4) is 0 Å². The van der Waals surface area contributed by atoms with Crippen molar-refractivity contribution in [2.24, 2.45) is 5.92 Å². The van der Waals surface area contributed by atoms with E-state index in [1.54, 1.807) is 21.3 Å². The van der Waals surface area contributed by atoms with E-state index in [1.165, 1.54) is 25.7 Å². The van der Waals surface area contributed by atoms with Crippen molar-refractivity contribution in [1.82, 2.24) is 0 Å². The minimum Gasteiger partial charge on any atom is -0.519 e. The van der Waals surface area contributed by atoms with Gasteiger partial charge in [0.15, 0.2) is 0 Å². The van der Waals surface area contributed by atoms with E-state index in [-0.39, 0.29) is 11.9 Å². The third-order valence-electron chi connectivity index (χ3n) is 4.59. The predicted molar refractivity (Wildman–Crippen MR) is 86.5 cm³/mol. The van der Waals surface area contributed by atoms with Gasteiger partial charge in [-0.05, 0) is 31.5 Å². The molecule has 0 bridgehead atoms. The molecule has 0 aromatic carbocycles. The Bertz CT molecular complexity index is 330. The fourth-order valence-electron chi connectivity index (χ4n) is 3.02. The molecule has 0 saturated heterocycles. The first-order valence-corrected chi connectivity index (χ1v) is 12.6. The zero-order chi connectivity index (χ0) is 16.1. The van der Waals surface area contributed by atoms with E-state index >= 15 is 0 Å². The monoisotopic (exact) mass is 334 g/mol. The van der Waals surface area contributed by atoms with E-state index in [4.69, 9.17) is 17.7 Å². The van der Waals surface area contributed by atoms with Crippen LogP contribution in [0.2, 0.25) is 24.7 Å². The van der Waals surface area contributed by atoms with Gasteiger partial charge < -0.3 is 17.7 Å². The van der Waals surface area contributed by atoms with Crippen molar-refractivity contribution in [3.05, 3.63) is 0 Å². The lowest BCUT2D eigenvalue weighted by molar-refractivity contribution is -0.139. The Morgan fingerprint density at radius 3 is 2.00 bits per heavy atom. The highest BCUT2D eigenvalue weighted by atomic mass is 28.4. The molecule has 21 heavy (non-hydrogen) atoms. The first-order chi connectivity index (χ1) is 9.80. The van der Waals surface area contributed by atoms with Gasteiger partial charge in [-0.25, -0.2) is 0 Å². The lowest BCUT2D eigenvalue weighted by Gasteiger charge is -2.31. The van der Waals surface area contributed by atoms with Crippen molar-refractivity contribution < 1.29 is 22.5 Å². The lowest BCUT2D eigenvalue weighted by atomic mass is 10.2. The van der Waals surface area contributed by atoms with Crippen LogP contribution < -0.4 is 0 Å². The van der Waals surface area contributed by atoms with E-state index in [1.807, 2.05) is 6.92 Å². The molecule has 5 nitrogen and oxygen atoms in total. The van der Waals surface area contributed by atoms with Crippen LogP contribution in [0.15, 0.2) is 0 Å². The SMILES string of the molecule is CO[Si](CC(C)C(=O)O[Si](C)(C)C1CCCC1)(OC)OC. The number of rotatable bonds is 8. The zero-order valence-electron chi connectivity index (χ0n) is 14.2. The summed E-state index contributed by atoms with van der Waals surface area (Å²) in [4.78, 5) is 12.4. The van der Waals surface area contributed by atoms with Crippen molar-refractivity contribution in [3.63, 3.8) is 0 Å². The molecule has 1 unspecified atom stereocenters. The fraction of sp³-hybridized carbons (Fsp3) is 0.929. The summed E-state index contributed by atoms with van der Waals surface area (Å²) in [5, 5.41) is 0. The van der Waals surface area contributed by atoms with Gasteiger partial charge in [0.1, 0.15) is 0 Å². The average molecular weight is 335 g/mol. The minimum absolute atomic E-state index is 0.137. The van der Waals surface area contributed by atoms with Gasteiger partial charge >= 0.3 is 8.80 Å². The summed E-state index contributed by atoms with van der Waals surface area (Å²) in [5.74, 6) is -0.411. The Labute approximate surface area is 130 Å². The quantitative estimate of drug-likeness (QED) is 0.638. The molecule has 0 heterocycles. The normalized spacial score (nSPS) is 18.8. The van der Waals surface area contributed by atoms with E-state index in [9.17, 15) is 4.79 Å². The summed E-state index contributed by atoms with van der Waals surface area (Å²) in [6, 6.07) is 0.449. The third-order valence-corrected chi connectivity index (χ3v) is 10.8. The molecule has 0 aromatic heterocycles. The molecule has 0 amide bonds. The Morgan fingerprint density at radius 1 is 1.10 bits per heavy atom. The third kappa shape index (κ3) is 4.89. The molecule has 1 fully saturated rings. The zero-order valence-corrected chi connectivity index (χ0v) is 16.2. The Morgan fingerprint density at radius 2 is 1.57 bits per heavy atom. The maximum Gasteiger partial charge on any atom is 0.501 e. The highest BCUT2D eigenvalue weighted by Gasteiger charge is 2.44. The molecule has 0 radical (unpaired) electrons. The Balaban J connectivity index is 2.61. The highest BCUT2D eigenvalue weighted by Crippen LogP contribution is 2.39. The van der Waals surface area contributed by atoms with Crippen molar-refractivity contribution in [3.8, 4) is 0 Å². The van der Waals surface area contributed by atoms with E-state index in [2.05, 4.69) is 13.1 Å². The van der Waals surface area contributed by atoms with Gasteiger partial charge in [-0.3, -0.25) is 4.79 Å². The molecule has 1 saturated carbocycles. The first kappa shape index (κ1) is 18.8. The smallest absolute Gasteiger partial charge is 0.501 e. The van der Waals surface area contributed by atoms with Crippen LogP contribution in [0, 0.1) is 5.92 Å². The van der Waals surface area contributed by atoms with Crippen LogP contribution in [0.1, 0.15) is 32.6 Å². The van der Waals surface area contributed by atoms with Crippen molar-refractivity contribution in [2.45, 2.75) is 57.3 Å². The van der Waals surface area contributed by atoms with Gasteiger partial charge in [0.25, 0.3) is 14.3 Å². The van der Waals surface area contributed by atoms with E-state index in [0.717, 1.165) is 0 Å². The van der Waals surface area contributed by atoms with Gasteiger partial charge in [-0.1, -0.05) is 19.8 Å². The molecule has 1 rings (SSSR count). The summed E-state index contributed by atoms with van der Waals surface area (Å²) in [6.07, 6.45) is 4.93. The summed E-state index contributed by atoms with van der Waals surface area (Å²) in [6.45, 7) is 6.17. The lowest BCUT2D eigenvalue weighted by Crippen LogP contribution is -2.46. The number of carbonyl (C=O) groups excluding carboxylic acids is 1. The van der Waals surface area contributed by atoms with Crippen LogP contribution in [0.4, 0.5) is 0 Å². The summed E-state index contributed by atoms with van der Waals surface area (Å²) in [5.41, 5.74) is 0.600. The Kier molecular flexibility index (Phi) is 7.06. The van der Waals surface area contributed by atoms with Crippen molar-refractivity contribution in [2.75, 3.05) is 21.3 Å². The van der Waals surface area contributed by atoms with Gasteiger partial charge in [0, 0.05) is 27.4 Å². The number of carbonyl (C=O) groups is 1. The van der Waals surface area contributed by atoms with Crippen LogP contribution in [0.5, 0.6) is 0 Å². The second-order valence-electron chi connectivity index (χ2n) is 6.41. The maximum absolute atomic E-state index is 12.4. The number of hydrogen-bond donors (Lipinski definition) is 0. The standard InChI is InChI=1S/C14H30O5Si2/c1-12(11-21(16-2,17-3)18-4)14(15)19-20(5,6)13-9-7-8-10-13/h12-13H,7-11H2,1-6H3. The van der Waals surface area contributed by atoms with Gasteiger partial charge in [-0.2, -0.15) is 0 Å². The fourth-order valence-corrected chi connectivity index (χ4v) is 7.62. The molecule has 0 aliphatic heterocycles. The second kappa shape index (κ2) is 7.87. The molecule has 1 aliphatic rings. The second-order valence-corrected chi connectivity index (χ2v) is 13.6. The number of hydrogen-bond acceptors (Lipinski definition) is 5. The molecule has 0 spiro atoms. The molecule has 1 atom stereocenters. The van der Waals surface area contributed by atoms with E-state index < -0.39 is 17.1 Å².